The highest BCUT2D eigenvalue weighted by atomic mass is 79.9. The van der Waals surface area contributed by atoms with Crippen molar-refractivity contribution in [1.29, 1.82) is 0 Å². The van der Waals surface area contributed by atoms with Crippen LogP contribution < -0.4 is 16.3 Å². The van der Waals surface area contributed by atoms with E-state index >= 15 is 0 Å². The highest BCUT2D eigenvalue weighted by molar-refractivity contribution is 9.10. The molecule has 4 N–H and O–H groups in total. The van der Waals surface area contributed by atoms with E-state index in [0.717, 1.165) is 6.54 Å². The average molecular weight is 341 g/mol. The predicted octanol–water partition coefficient (Wildman–Crippen LogP) is 0.546. The van der Waals surface area contributed by atoms with Crippen molar-refractivity contribution in [3.63, 3.8) is 0 Å². The van der Waals surface area contributed by atoms with E-state index in [4.69, 9.17) is 4.74 Å². The molecule has 2 aromatic rings. The Morgan fingerprint density at radius 2 is 2.10 bits per heavy atom. The normalized spacial score (nSPS) is 19.1. The molecule has 2 heterocycles. The summed E-state index contributed by atoms with van der Waals surface area (Å²) in [7, 11) is 0. The highest BCUT2D eigenvalue weighted by Crippen LogP contribution is 2.26. The molecule has 1 aromatic heterocycles. The fourth-order valence-electron chi connectivity index (χ4n) is 2.10. The Kier molecular flexibility index (Phi) is 3.60. The van der Waals surface area contributed by atoms with E-state index in [1.807, 2.05) is 0 Å². The zero-order valence-electron chi connectivity index (χ0n) is 10.5. The van der Waals surface area contributed by atoms with Gasteiger partial charge >= 0.3 is 5.69 Å². The molecule has 1 aromatic carbocycles. The van der Waals surface area contributed by atoms with Crippen LogP contribution >= 0.6 is 15.9 Å². The number of carbonyl (C=O) groups is 1. The molecule has 3 rings (SSSR count). The van der Waals surface area contributed by atoms with E-state index in [9.17, 15) is 9.59 Å². The zero-order chi connectivity index (χ0) is 14.1. The maximum absolute atomic E-state index is 12.1. The number of fused-ring (bicyclic) bond motifs is 1. The van der Waals surface area contributed by atoms with Gasteiger partial charge in [-0.2, -0.15) is 0 Å². The van der Waals surface area contributed by atoms with Crippen molar-refractivity contribution in [2.75, 3.05) is 25.0 Å². The summed E-state index contributed by atoms with van der Waals surface area (Å²) in [6, 6.07) is 3.44. The molecule has 1 unspecified atom stereocenters. The molecule has 8 heteroatoms. The van der Waals surface area contributed by atoms with Gasteiger partial charge in [0.15, 0.2) is 0 Å². The number of halogens is 1. The largest absolute Gasteiger partial charge is 0.366 e. The molecule has 1 fully saturated rings. The van der Waals surface area contributed by atoms with Crippen LogP contribution in [0.25, 0.3) is 11.0 Å². The standard InChI is InChI=1S/C12H13BrN4O3/c13-6-3-8-9(17-12(19)16-8)4-7(6)15-11(18)10-5-14-1-2-20-10/h3-4,10,14H,1-2,5H2,(H,15,18)(H2,16,17,19). The summed E-state index contributed by atoms with van der Waals surface area (Å²) < 4.78 is 6.08. The van der Waals surface area contributed by atoms with E-state index < -0.39 is 6.10 Å². The molecule has 1 saturated heterocycles. The number of ether oxygens (including phenoxy) is 1. The van der Waals surface area contributed by atoms with E-state index in [1.165, 1.54) is 0 Å². The maximum Gasteiger partial charge on any atom is 0.323 e. The van der Waals surface area contributed by atoms with E-state index in [-0.39, 0.29) is 11.6 Å². The second kappa shape index (κ2) is 5.39. The third kappa shape index (κ3) is 2.62. The van der Waals surface area contributed by atoms with Gasteiger partial charge in [0.1, 0.15) is 6.10 Å². The minimum atomic E-state index is -0.503. The molecule has 0 bridgehead atoms. The van der Waals surface area contributed by atoms with E-state index in [1.54, 1.807) is 12.1 Å². The number of rotatable bonds is 2. The molecule has 1 aliphatic heterocycles. The highest BCUT2D eigenvalue weighted by Gasteiger charge is 2.22. The van der Waals surface area contributed by atoms with Crippen molar-refractivity contribution in [2.24, 2.45) is 0 Å². The molecule has 0 radical (unpaired) electrons. The fraction of sp³-hybridized carbons (Fsp3) is 0.333. The summed E-state index contributed by atoms with van der Waals surface area (Å²) in [6.45, 7) is 1.76. The van der Waals surface area contributed by atoms with E-state index in [0.29, 0.717) is 34.3 Å². The van der Waals surface area contributed by atoms with Crippen LogP contribution in [0.2, 0.25) is 0 Å². The fourth-order valence-corrected chi connectivity index (χ4v) is 2.54. The molecule has 106 valence electrons. The Balaban J connectivity index is 1.84. The number of aromatic amines is 2. The van der Waals surface area contributed by atoms with Crippen molar-refractivity contribution < 1.29 is 9.53 Å². The minimum Gasteiger partial charge on any atom is -0.366 e. The smallest absolute Gasteiger partial charge is 0.323 e. The predicted molar refractivity (Wildman–Crippen MR) is 77.9 cm³/mol. The zero-order valence-corrected chi connectivity index (χ0v) is 12.0. The number of morpholine rings is 1. The van der Waals surface area contributed by atoms with Gasteiger partial charge in [0, 0.05) is 17.6 Å². The van der Waals surface area contributed by atoms with Gasteiger partial charge in [-0.3, -0.25) is 4.79 Å². The van der Waals surface area contributed by atoms with Crippen LogP contribution in [0.1, 0.15) is 0 Å². The first-order chi connectivity index (χ1) is 9.63. The first-order valence-electron chi connectivity index (χ1n) is 6.18. The molecular weight excluding hydrogens is 328 g/mol. The van der Waals surface area contributed by atoms with Gasteiger partial charge in [0.25, 0.3) is 5.91 Å². The average Bonchev–Trinajstić information content (AvgIpc) is 2.79. The first kappa shape index (κ1) is 13.3. The monoisotopic (exact) mass is 340 g/mol. The van der Waals surface area contributed by atoms with Crippen molar-refractivity contribution in [1.82, 2.24) is 15.3 Å². The van der Waals surface area contributed by atoms with Crippen molar-refractivity contribution in [3.8, 4) is 0 Å². The molecule has 0 saturated carbocycles. The number of H-pyrrole nitrogens is 2. The maximum atomic E-state index is 12.1. The topological polar surface area (TPSA) is 99.0 Å². The molecule has 0 spiro atoms. The Bertz CT molecular complexity index is 702. The Hall–Kier alpha value is -1.64. The second-order valence-corrected chi connectivity index (χ2v) is 5.36. The molecule has 1 aliphatic rings. The van der Waals surface area contributed by atoms with Crippen LogP contribution in [0, 0.1) is 0 Å². The lowest BCUT2D eigenvalue weighted by atomic mass is 10.2. The third-order valence-electron chi connectivity index (χ3n) is 3.08. The van der Waals surface area contributed by atoms with Crippen LogP contribution in [0.3, 0.4) is 0 Å². The molecule has 1 atom stereocenters. The van der Waals surface area contributed by atoms with Crippen LogP contribution in [-0.2, 0) is 9.53 Å². The van der Waals surface area contributed by atoms with Gasteiger partial charge in [-0.25, -0.2) is 4.79 Å². The van der Waals surface area contributed by atoms with Crippen molar-refractivity contribution in [3.05, 3.63) is 27.1 Å². The lowest BCUT2D eigenvalue weighted by molar-refractivity contribution is -0.128. The van der Waals surface area contributed by atoms with Gasteiger partial charge in [-0.15, -0.1) is 0 Å². The quantitative estimate of drug-likeness (QED) is 0.641. The number of aromatic nitrogens is 2. The number of nitrogens with one attached hydrogen (secondary N) is 4. The number of hydrogen-bond acceptors (Lipinski definition) is 4. The summed E-state index contributed by atoms with van der Waals surface area (Å²) in [6.07, 6.45) is -0.503. The summed E-state index contributed by atoms with van der Waals surface area (Å²) in [5.74, 6) is -0.213. The summed E-state index contributed by atoms with van der Waals surface area (Å²) >= 11 is 3.37. The summed E-state index contributed by atoms with van der Waals surface area (Å²) in [4.78, 5) is 28.6. The molecular formula is C12H13BrN4O3. The van der Waals surface area contributed by atoms with Crippen LogP contribution in [-0.4, -0.2) is 41.7 Å². The summed E-state index contributed by atoms with van der Waals surface area (Å²) in [5, 5.41) is 5.89. The number of hydrogen-bond donors (Lipinski definition) is 4. The van der Waals surface area contributed by atoms with Gasteiger partial charge in [-0.05, 0) is 28.1 Å². The molecule has 20 heavy (non-hydrogen) atoms. The lowest BCUT2D eigenvalue weighted by Crippen LogP contribution is -2.45. The number of carbonyl (C=O) groups excluding carboxylic acids is 1. The summed E-state index contributed by atoms with van der Waals surface area (Å²) in [5.41, 5.74) is 1.62. The van der Waals surface area contributed by atoms with Gasteiger partial charge in [-0.1, -0.05) is 0 Å². The van der Waals surface area contributed by atoms with Crippen LogP contribution in [0.4, 0.5) is 5.69 Å². The Morgan fingerprint density at radius 3 is 2.80 bits per heavy atom. The second-order valence-electron chi connectivity index (χ2n) is 4.51. The SMILES string of the molecule is O=C(Nc1cc2[nH]c(=O)[nH]c2cc1Br)C1CNCCO1. The van der Waals surface area contributed by atoms with Gasteiger partial charge < -0.3 is 25.3 Å². The van der Waals surface area contributed by atoms with Crippen LogP contribution in [0.5, 0.6) is 0 Å². The third-order valence-corrected chi connectivity index (χ3v) is 3.74. The Morgan fingerprint density at radius 1 is 1.35 bits per heavy atom. The minimum absolute atomic E-state index is 0.213. The number of amides is 1. The van der Waals surface area contributed by atoms with Crippen molar-refractivity contribution >= 4 is 38.6 Å². The molecule has 7 nitrogen and oxygen atoms in total. The molecule has 0 aliphatic carbocycles. The Labute approximate surface area is 122 Å². The van der Waals surface area contributed by atoms with Crippen molar-refractivity contribution in [2.45, 2.75) is 6.10 Å². The van der Waals surface area contributed by atoms with E-state index in [2.05, 4.69) is 36.5 Å². The van der Waals surface area contributed by atoms with Gasteiger partial charge in [0.2, 0.25) is 0 Å². The molecule has 1 amide bonds. The lowest BCUT2D eigenvalue weighted by Gasteiger charge is -2.22. The number of imidazole rings is 1. The van der Waals surface area contributed by atoms with Gasteiger partial charge in [0.05, 0.1) is 23.3 Å². The number of benzene rings is 1. The number of anilines is 1. The van der Waals surface area contributed by atoms with Crippen LogP contribution in [0.15, 0.2) is 21.4 Å². The first-order valence-corrected chi connectivity index (χ1v) is 6.97.